The van der Waals surface area contributed by atoms with Crippen LogP contribution < -0.4 is 5.32 Å². The van der Waals surface area contributed by atoms with Crippen LogP contribution in [0.2, 0.25) is 0 Å². The monoisotopic (exact) mass is 155 g/mol. The predicted octanol–water partition coefficient (Wildman–Crippen LogP) is 0.958. The van der Waals surface area contributed by atoms with E-state index in [1.54, 1.807) is 0 Å². The van der Waals surface area contributed by atoms with E-state index in [0.29, 0.717) is 12.4 Å². The summed E-state index contributed by atoms with van der Waals surface area (Å²) < 4.78 is 4.81. The largest absolute Gasteiger partial charge is 0.338 e. The molecule has 0 amide bonds. The maximum atomic E-state index is 4.81. The average molecular weight is 155 g/mol. The third-order valence-electron chi connectivity index (χ3n) is 1.18. The highest BCUT2D eigenvalue weighted by Gasteiger charge is 2.09. The van der Waals surface area contributed by atoms with Gasteiger partial charge in [-0.15, -0.1) is 0 Å². The molecule has 4 nitrogen and oxygen atoms in total. The summed E-state index contributed by atoms with van der Waals surface area (Å²) in [6.45, 7) is 6.89. The van der Waals surface area contributed by atoms with Crippen LogP contribution in [-0.2, 0) is 6.54 Å². The van der Waals surface area contributed by atoms with E-state index in [1.165, 1.54) is 6.33 Å². The van der Waals surface area contributed by atoms with E-state index < -0.39 is 0 Å². The molecule has 1 heterocycles. The molecule has 1 aromatic rings. The zero-order chi connectivity index (χ0) is 8.32. The molecular weight excluding hydrogens is 142 g/mol. The fourth-order valence-corrected chi connectivity index (χ4v) is 0.615. The smallest absolute Gasteiger partial charge is 0.240 e. The average Bonchev–Trinajstić information content (AvgIpc) is 2.32. The van der Waals surface area contributed by atoms with E-state index in [9.17, 15) is 0 Å². The lowest BCUT2D eigenvalue weighted by molar-refractivity contribution is 0.335. The molecule has 1 rings (SSSR count). The van der Waals surface area contributed by atoms with Gasteiger partial charge in [0.1, 0.15) is 0 Å². The van der Waals surface area contributed by atoms with Crippen molar-refractivity contribution < 1.29 is 4.52 Å². The van der Waals surface area contributed by atoms with Crippen molar-refractivity contribution in [1.29, 1.82) is 0 Å². The second kappa shape index (κ2) is 3.00. The van der Waals surface area contributed by atoms with Gasteiger partial charge in [-0.25, -0.2) is 0 Å². The van der Waals surface area contributed by atoms with Crippen LogP contribution in [0.3, 0.4) is 0 Å². The normalized spacial score (nSPS) is 11.9. The Morgan fingerprint density at radius 2 is 2.27 bits per heavy atom. The number of nitrogens with one attached hydrogen (secondary N) is 1. The quantitative estimate of drug-likeness (QED) is 0.691. The van der Waals surface area contributed by atoms with Crippen LogP contribution in [-0.4, -0.2) is 15.7 Å². The van der Waals surface area contributed by atoms with Crippen molar-refractivity contribution >= 4 is 0 Å². The van der Waals surface area contributed by atoms with Crippen molar-refractivity contribution in [3.8, 4) is 0 Å². The van der Waals surface area contributed by atoms with Crippen molar-refractivity contribution in [3.63, 3.8) is 0 Å². The second-order valence-corrected chi connectivity index (χ2v) is 3.44. The van der Waals surface area contributed by atoms with Gasteiger partial charge in [-0.1, -0.05) is 5.16 Å². The standard InChI is InChI=1S/C7H13N3O/c1-7(2,3)9-4-6-8-5-10-11-6/h5,9H,4H2,1-3H3. The molecule has 62 valence electrons. The zero-order valence-electron chi connectivity index (χ0n) is 7.09. The molecule has 1 aromatic heterocycles. The summed E-state index contributed by atoms with van der Waals surface area (Å²) in [5.74, 6) is 0.625. The lowest BCUT2D eigenvalue weighted by Crippen LogP contribution is -2.35. The zero-order valence-corrected chi connectivity index (χ0v) is 7.09. The van der Waals surface area contributed by atoms with Gasteiger partial charge in [0.05, 0.1) is 6.54 Å². The topological polar surface area (TPSA) is 51.0 Å². The molecule has 0 aliphatic heterocycles. The van der Waals surface area contributed by atoms with E-state index in [-0.39, 0.29) is 5.54 Å². The van der Waals surface area contributed by atoms with Crippen molar-refractivity contribution in [3.05, 3.63) is 12.2 Å². The fraction of sp³-hybridized carbons (Fsp3) is 0.714. The number of hydrogen-bond acceptors (Lipinski definition) is 4. The maximum absolute atomic E-state index is 4.81. The molecule has 1 N–H and O–H groups in total. The van der Waals surface area contributed by atoms with E-state index in [2.05, 4.69) is 36.2 Å². The van der Waals surface area contributed by atoms with Crippen molar-refractivity contribution in [1.82, 2.24) is 15.5 Å². The molecule has 0 saturated carbocycles. The van der Waals surface area contributed by atoms with Gasteiger partial charge in [-0.3, -0.25) is 0 Å². The maximum Gasteiger partial charge on any atom is 0.240 e. The summed E-state index contributed by atoms with van der Waals surface area (Å²) in [7, 11) is 0. The summed E-state index contributed by atoms with van der Waals surface area (Å²) >= 11 is 0. The molecule has 0 radical (unpaired) electrons. The van der Waals surface area contributed by atoms with Crippen LogP contribution in [0.25, 0.3) is 0 Å². The number of nitrogens with zero attached hydrogens (tertiary/aromatic N) is 2. The van der Waals surface area contributed by atoms with Gasteiger partial charge in [-0.05, 0) is 20.8 Å². The summed E-state index contributed by atoms with van der Waals surface area (Å²) in [5.41, 5.74) is 0.0917. The Bertz CT molecular complexity index is 200. The minimum Gasteiger partial charge on any atom is -0.338 e. The molecule has 0 fully saturated rings. The first-order valence-electron chi connectivity index (χ1n) is 3.58. The number of rotatable bonds is 2. The molecule has 0 bridgehead atoms. The fourth-order valence-electron chi connectivity index (χ4n) is 0.615. The van der Waals surface area contributed by atoms with Crippen molar-refractivity contribution in [2.45, 2.75) is 32.9 Å². The Balaban J connectivity index is 2.35. The molecular formula is C7H13N3O. The highest BCUT2D eigenvalue weighted by atomic mass is 16.5. The van der Waals surface area contributed by atoms with Gasteiger partial charge in [0.15, 0.2) is 6.33 Å². The van der Waals surface area contributed by atoms with Gasteiger partial charge >= 0.3 is 0 Å². The molecule has 4 heteroatoms. The van der Waals surface area contributed by atoms with E-state index in [0.717, 1.165) is 0 Å². The Morgan fingerprint density at radius 1 is 1.55 bits per heavy atom. The minimum absolute atomic E-state index is 0.0917. The highest BCUT2D eigenvalue weighted by Crippen LogP contribution is 2.00. The molecule has 0 aliphatic carbocycles. The van der Waals surface area contributed by atoms with Crippen molar-refractivity contribution in [2.75, 3.05) is 0 Å². The predicted molar refractivity (Wildman–Crippen MR) is 40.9 cm³/mol. The first kappa shape index (κ1) is 8.20. The minimum atomic E-state index is 0.0917. The second-order valence-electron chi connectivity index (χ2n) is 3.44. The van der Waals surface area contributed by atoms with Gasteiger partial charge in [0.25, 0.3) is 0 Å². The summed E-state index contributed by atoms with van der Waals surface area (Å²) in [4.78, 5) is 3.88. The van der Waals surface area contributed by atoms with E-state index in [1.807, 2.05) is 0 Å². The Kier molecular flexibility index (Phi) is 2.24. The Labute approximate surface area is 66.0 Å². The lowest BCUT2D eigenvalue weighted by Gasteiger charge is -2.18. The van der Waals surface area contributed by atoms with E-state index in [4.69, 9.17) is 4.52 Å². The highest BCUT2D eigenvalue weighted by molar-refractivity contribution is 4.78. The van der Waals surface area contributed by atoms with Gasteiger partial charge in [0, 0.05) is 5.54 Å². The van der Waals surface area contributed by atoms with Crippen LogP contribution in [0.4, 0.5) is 0 Å². The third-order valence-corrected chi connectivity index (χ3v) is 1.18. The summed E-state index contributed by atoms with van der Waals surface area (Å²) in [6, 6.07) is 0. The van der Waals surface area contributed by atoms with Crippen LogP contribution >= 0.6 is 0 Å². The Hall–Kier alpha value is -0.900. The van der Waals surface area contributed by atoms with E-state index >= 15 is 0 Å². The SMILES string of the molecule is CC(C)(C)NCc1ncno1. The first-order chi connectivity index (χ1) is 5.08. The molecule has 11 heavy (non-hydrogen) atoms. The van der Waals surface area contributed by atoms with Crippen LogP contribution in [0.15, 0.2) is 10.9 Å². The van der Waals surface area contributed by atoms with Gasteiger partial charge in [0.2, 0.25) is 5.89 Å². The lowest BCUT2D eigenvalue weighted by atomic mass is 10.1. The van der Waals surface area contributed by atoms with Crippen LogP contribution in [0, 0.1) is 0 Å². The van der Waals surface area contributed by atoms with Gasteiger partial charge in [-0.2, -0.15) is 4.98 Å². The molecule has 0 unspecified atom stereocenters. The molecule has 0 aromatic carbocycles. The molecule has 0 aliphatic rings. The van der Waals surface area contributed by atoms with Crippen LogP contribution in [0.1, 0.15) is 26.7 Å². The van der Waals surface area contributed by atoms with Crippen LogP contribution in [0.5, 0.6) is 0 Å². The summed E-state index contributed by atoms with van der Waals surface area (Å²) in [6.07, 6.45) is 1.40. The van der Waals surface area contributed by atoms with Crippen molar-refractivity contribution in [2.24, 2.45) is 0 Å². The third kappa shape index (κ3) is 3.13. The Morgan fingerprint density at radius 3 is 2.73 bits per heavy atom. The molecule has 0 atom stereocenters. The van der Waals surface area contributed by atoms with Gasteiger partial charge < -0.3 is 9.84 Å². The first-order valence-corrected chi connectivity index (χ1v) is 3.58. The molecule has 0 spiro atoms. The number of aromatic nitrogens is 2. The molecule has 0 saturated heterocycles. The number of hydrogen-bond donors (Lipinski definition) is 1. The summed E-state index contributed by atoms with van der Waals surface area (Å²) in [5, 5.41) is 6.72.